The number of ether oxygens (including phenoxy) is 2. The average Bonchev–Trinajstić information content (AvgIpc) is 2.72. The number of rotatable bonds is 8. The molecule has 0 spiro atoms. The Labute approximate surface area is 175 Å². The first-order valence-electron chi connectivity index (χ1n) is 10.2. The fourth-order valence-electron chi connectivity index (χ4n) is 3.33. The highest BCUT2D eigenvalue weighted by Crippen LogP contribution is 2.49. The van der Waals surface area contributed by atoms with Gasteiger partial charge in [0.05, 0.1) is 24.6 Å². The summed E-state index contributed by atoms with van der Waals surface area (Å²) in [4.78, 5) is 11.9. The maximum Gasteiger partial charge on any atom is 0.255 e. The van der Waals surface area contributed by atoms with Crippen LogP contribution >= 0.6 is 23.5 Å². The zero-order chi connectivity index (χ0) is 19.3. The van der Waals surface area contributed by atoms with Crippen molar-refractivity contribution >= 4 is 56.1 Å². The lowest BCUT2D eigenvalue weighted by atomic mass is 10.1. The summed E-state index contributed by atoms with van der Waals surface area (Å²) in [7, 11) is 0. The second-order valence-electron chi connectivity index (χ2n) is 6.99. The van der Waals surface area contributed by atoms with Crippen LogP contribution in [0.1, 0.15) is 52.4 Å². The van der Waals surface area contributed by atoms with E-state index in [9.17, 15) is 0 Å². The molecule has 0 bridgehead atoms. The monoisotopic (exact) mass is 414 g/mol. The van der Waals surface area contributed by atoms with Crippen LogP contribution in [0.4, 0.5) is 11.4 Å². The van der Waals surface area contributed by atoms with Gasteiger partial charge in [-0.3, -0.25) is 0 Å². The summed E-state index contributed by atoms with van der Waals surface area (Å²) < 4.78 is 11.8. The van der Waals surface area contributed by atoms with Gasteiger partial charge in [-0.15, -0.1) is 0 Å². The van der Waals surface area contributed by atoms with Gasteiger partial charge in [-0.25, -0.2) is 9.98 Å². The molecule has 2 heterocycles. The Morgan fingerprint density at radius 2 is 1.14 bits per heavy atom. The number of thioether (sulfide) groups is 2. The molecule has 4 rings (SSSR count). The van der Waals surface area contributed by atoms with E-state index in [4.69, 9.17) is 19.5 Å². The van der Waals surface area contributed by atoms with Crippen LogP contribution in [-0.2, 0) is 9.47 Å². The third-order valence-corrected chi connectivity index (χ3v) is 6.69. The van der Waals surface area contributed by atoms with E-state index in [-0.39, 0.29) is 0 Å². The number of benzene rings is 2. The zero-order valence-corrected chi connectivity index (χ0v) is 18.1. The minimum atomic E-state index is 0.729. The smallest absolute Gasteiger partial charge is 0.255 e. The van der Waals surface area contributed by atoms with E-state index in [2.05, 4.69) is 38.1 Å². The summed E-state index contributed by atoms with van der Waals surface area (Å²) in [6, 6.07) is 8.45. The van der Waals surface area contributed by atoms with Gasteiger partial charge in [0, 0.05) is 20.6 Å². The number of aliphatic imine (C=N–C) groups is 2. The van der Waals surface area contributed by atoms with Crippen molar-refractivity contribution in [2.75, 3.05) is 13.2 Å². The van der Waals surface area contributed by atoms with Crippen LogP contribution in [0.25, 0.3) is 10.8 Å². The van der Waals surface area contributed by atoms with Gasteiger partial charge in [-0.1, -0.05) is 39.5 Å². The molecule has 0 fully saturated rings. The van der Waals surface area contributed by atoms with Gasteiger partial charge in [0.25, 0.3) is 10.5 Å². The first kappa shape index (κ1) is 19.6. The van der Waals surface area contributed by atoms with E-state index in [0.717, 1.165) is 47.9 Å². The molecule has 0 N–H and O–H groups in total. The molecule has 28 heavy (non-hydrogen) atoms. The lowest BCUT2D eigenvalue weighted by molar-refractivity contribution is 0.302. The topological polar surface area (TPSA) is 43.2 Å². The molecule has 148 valence electrons. The Bertz CT molecular complexity index is 849. The van der Waals surface area contributed by atoms with Crippen LogP contribution in [0.15, 0.2) is 44.0 Å². The molecule has 0 atom stereocenters. The Balaban J connectivity index is 1.57. The summed E-state index contributed by atoms with van der Waals surface area (Å²) in [6.45, 7) is 5.86. The minimum Gasteiger partial charge on any atom is -0.473 e. The predicted octanol–water partition coefficient (Wildman–Crippen LogP) is 7.44. The number of unbranched alkanes of at least 4 members (excludes halogenated alkanes) is 4. The highest BCUT2D eigenvalue weighted by Gasteiger charge is 2.24. The van der Waals surface area contributed by atoms with Crippen molar-refractivity contribution in [1.82, 2.24) is 0 Å². The van der Waals surface area contributed by atoms with E-state index in [1.807, 2.05) is 0 Å². The highest BCUT2D eigenvalue weighted by molar-refractivity contribution is 8.14. The third kappa shape index (κ3) is 4.18. The molecular weight excluding hydrogens is 388 g/mol. The van der Waals surface area contributed by atoms with Gasteiger partial charge >= 0.3 is 0 Å². The van der Waals surface area contributed by atoms with Gasteiger partial charge in [-0.2, -0.15) is 0 Å². The Kier molecular flexibility index (Phi) is 6.47. The van der Waals surface area contributed by atoms with Crippen LogP contribution in [0.3, 0.4) is 0 Å². The van der Waals surface area contributed by atoms with Crippen LogP contribution in [-0.4, -0.2) is 23.7 Å². The molecule has 0 unspecified atom stereocenters. The summed E-state index contributed by atoms with van der Waals surface area (Å²) in [5.74, 6) is 0. The third-order valence-electron chi connectivity index (χ3n) is 4.81. The maximum absolute atomic E-state index is 5.92. The first-order chi connectivity index (χ1) is 13.8. The minimum absolute atomic E-state index is 0.729. The SMILES string of the molecule is CCCCCOC1=Nc2ccc3c4c(ccc(c24)S1)N=C(OCCCCC)S3. The molecule has 0 radical (unpaired) electrons. The van der Waals surface area contributed by atoms with E-state index < -0.39 is 0 Å². The summed E-state index contributed by atoms with van der Waals surface area (Å²) in [6.07, 6.45) is 6.91. The normalized spacial score (nSPS) is 14.6. The Hall–Kier alpha value is -1.66. The Morgan fingerprint density at radius 1 is 0.679 bits per heavy atom. The van der Waals surface area contributed by atoms with Gasteiger partial charge in [0.1, 0.15) is 0 Å². The lowest BCUT2D eigenvalue weighted by Gasteiger charge is -2.22. The summed E-state index contributed by atoms with van der Waals surface area (Å²) >= 11 is 3.24. The number of nitrogens with zero attached hydrogens (tertiary/aromatic N) is 2. The molecule has 2 aliphatic rings. The fraction of sp³-hybridized carbons (Fsp3) is 0.455. The molecule has 2 aromatic rings. The van der Waals surface area contributed by atoms with Crippen molar-refractivity contribution in [2.24, 2.45) is 9.98 Å². The van der Waals surface area contributed by atoms with Crippen LogP contribution < -0.4 is 0 Å². The van der Waals surface area contributed by atoms with E-state index in [0.29, 0.717) is 0 Å². The molecular formula is C22H26N2O2S2. The van der Waals surface area contributed by atoms with Crippen LogP contribution in [0, 0.1) is 0 Å². The lowest BCUT2D eigenvalue weighted by Crippen LogP contribution is -2.07. The molecule has 0 saturated heterocycles. The Morgan fingerprint density at radius 3 is 1.57 bits per heavy atom. The van der Waals surface area contributed by atoms with Crippen molar-refractivity contribution in [3.05, 3.63) is 24.3 Å². The largest absolute Gasteiger partial charge is 0.473 e. The van der Waals surface area contributed by atoms with Crippen LogP contribution in [0.5, 0.6) is 0 Å². The van der Waals surface area contributed by atoms with Crippen molar-refractivity contribution < 1.29 is 9.47 Å². The average molecular weight is 415 g/mol. The molecule has 0 aliphatic carbocycles. The standard InChI is InChI=1S/C22H26N2O2S2/c1-3-5-7-13-25-21-23-15-9-12-18-20-16(10-11-17(27-21)19(15)20)24-22(28-18)26-14-8-6-4-2/h9-12H,3-8,13-14H2,1-2H3. The molecule has 0 amide bonds. The maximum atomic E-state index is 5.92. The number of hydrogen-bond donors (Lipinski definition) is 0. The van der Waals surface area contributed by atoms with E-state index >= 15 is 0 Å². The first-order valence-corrected chi connectivity index (χ1v) is 11.8. The fourth-order valence-corrected chi connectivity index (χ4v) is 5.17. The van der Waals surface area contributed by atoms with Gasteiger partial charge in [0.2, 0.25) is 0 Å². The summed E-state index contributed by atoms with van der Waals surface area (Å²) in [5, 5.41) is 3.86. The predicted molar refractivity (Wildman–Crippen MR) is 121 cm³/mol. The molecule has 0 aromatic heterocycles. The van der Waals surface area contributed by atoms with Crippen molar-refractivity contribution in [1.29, 1.82) is 0 Å². The second kappa shape index (κ2) is 9.23. The zero-order valence-electron chi connectivity index (χ0n) is 16.5. The molecule has 2 aliphatic heterocycles. The van der Waals surface area contributed by atoms with Gasteiger partial charge in [-0.05, 0) is 60.6 Å². The molecule has 0 saturated carbocycles. The van der Waals surface area contributed by atoms with Gasteiger partial charge in [0.15, 0.2) is 0 Å². The molecule has 4 nitrogen and oxygen atoms in total. The quantitative estimate of drug-likeness (QED) is 0.421. The molecule has 6 heteroatoms. The van der Waals surface area contributed by atoms with Gasteiger partial charge < -0.3 is 9.47 Å². The van der Waals surface area contributed by atoms with Crippen molar-refractivity contribution in [3.8, 4) is 0 Å². The van der Waals surface area contributed by atoms with Crippen molar-refractivity contribution in [2.45, 2.75) is 62.2 Å². The van der Waals surface area contributed by atoms with Crippen LogP contribution in [0.2, 0.25) is 0 Å². The highest BCUT2D eigenvalue weighted by atomic mass is 32.2. The van der Waals surface area contributed by atoms with E-state index in [1.165, 1.54) is 46.2 Å². The number of hydrogen-bond acceptors (Lipinski definition) is 6. The van der Waals surface area contributed by atoms with E-state index in [1.54, 1.807) is 23.5 Å². The summed E-state index contributed by atoms with van der Waals surface area (Å²) in [5.41, 5.74) is 1.95. The molecule has 2 aromatic carbocycles. The second-order valence-corrected chi connectivity index (χ2v) is 8.97. The van der Waals surface area contributed by atoms with Crippen molar-refractivity contribution in [3.63, 3.8) is 0 Å².